The Morgan fingerprint density at radius 2 is 2.28 bits per heavy atom. The highest BCUT2D eigenvalue weighted by Crippen LogP contribution is 2.31. The van der Waals surface area contributed by atoms with Gasteiger partial charge in [0.2, 0.25) is 11.2 Å². The van der Waals surface area contributed by atoms with Crippen LogP contribution in [0.15, 0.2) is 6.20 Å². The molecule has 96 valence electrons. The molecular formula is C10H9Cl2N3O2S. The number of carbonyl (C=O) groups excluding carboxylic acids is 2. The molecule has 1 fully saturated rings. The summed E-state index contributed by atoms with van der Waals surface area (Å²) in [6.07, 6.45) is 1.72. The van der Waals surface area contributed by atoms with Crippen molar-refractivity contribution in [3.8, 4) is 0 Å². The van der Waals surface area contributed by atoms with Crippen LogP contribution >= 0.6 is 35.0 Å². The van der Waals surface area contributed by atoms with Gasteiger partial charge in [-0.05, 0) is 11.6 Å². The van der Waals surface area contributed by atoms with Crippen molar-refractivity contribution in [2.24, 2.45) is 0 Å². The molecule has 0 bridgehead atoms. The molecule has 1 aliphatic heterocycles. The fraction of sp³-hybridized carbons (Fsp3) is 0.400. The highest BCUT2D eigenvalue weighted by Gasteiger charge is 2.33. The van der Waals surface area contributed by atoms with Crippen molar-refractivity contribution >= 4 is 51.7 Å². The topological polar surface area (TPSA) is 63.2 Å². The van der Waals surface area contributed by atoms with Crippen LogP contribution in [0.1, 0.15) is 13.3 Å². The Balaban J connectivity index is 2.19. The molecule has 1 aromatic heterocycles. The summed E-state index contributed by atoms with van der Waals surface area (Å²) in [7, 11) is 0. The number of hydrogen-bond acceptors (Lipinski definition) is 5. The van der Waals surface area contributed by atoms with E-state index in [1.54, 1.807) is 0 Å². The summed E-state index contributed by atoms with van der Waals surface area (Å²) in [5.74, 6) is -0.0958. The van der Waals surface area contributed by atoms with Gasteiger partial charge < -0.3 is 4.90 Å². The molecule has 18 heavy (non-hydrogen) atoms. The number of halogens is 2. The minimum Gasteiger partial charge on any atom is -0.307 e. The molecule has 1 unspecified atom stereocenters. The van der Waals surface area contributed by atoms with Crippen LogP contribution in [0.4, 0.5) is 5.69 Å². The Morgan fingerprint density at radius 3 is 2.89 bits per heavy atom. The summed E-state index contributed by atoms with van der Waals surface area (Å²) in [6.45, 7) is 1.91. The summed E-state index contributed by atoms with van der Waals surface area (Å²) in [6, 6.07) is 0. The predicted octanol–water partition coefficient (Wildman–Crippen LogP) is 2.17. The third-order valence-electron chi connectivity index (χ3n) is 2.41. The van der Waals surface area contributed by atoms with Crippen molar-refractivity contribution in [1.29, 1.82) is 0 Å². The van der Waals surface area contributed by atoms with Crippen molar-refractivity contribution < 1.29 is 9.59 Å². The first kappa shape index (κ1) is 13.6. The summed E-state index contributed by atoms with van der Waals surface area (Å²) in [4.78, 5) is 32.0. The standard InChI is InChI=1S/C10H9Cl2N3O2S/c1-5(16)18-6-2-8(17)15(4-6)7-3-13-10(12)14-9(7)11/h3,6H,2,4H2,1H3. The molecule has 8 heteroatoms. The van der Waals surface area contributed by atoms with Gasteiger partial charge in [0.25, 0.3) is 0 Å². The van der Waals surface area contributed by atoms with E-state index in [2.05, 4.69) is 9.97 Å². The van der Waals surface area contributed by atoms with Gasteiger partial charge in [-0.15, -0.1) is 0 Å². The second kappa shape index (κ2) is 5.42. The Bertz CT molecular complexity index is 512. The minimum atomic E-state index is -0.0958. The Hall–Kier alpha value is -0.850. The number of carbonyl (C=O) groups is 2. The summed E-state index contributed by atoms with van der Waals surface area (Å²) < 4.78 is 0. The quantitative estimate of drug-likeness (QED) is 0.619. The smallest absolute Gasteiger partial charge is 0.228 e. The molecule has 0 radical (unpaired) electrons. The molecule has 1 aliphatic rings. The number of rotatable bonds is 2. The third kappa shape index (κ3) is 2.93. The molecule has 2 rings (SSSR count). The zero-order chi connectivity index (χ0) is 13.3. The summed E-state index contributed by atoms with van der Waals surface area (Å²) in [5.41, 5.74) is 0.428. The van der Waals surface area contributed by atoms with Crippen molar-refractivity contribution in [1.82, 2.24) is 9.97 Å². The molecular weight excluding hydrogens is 297 g/mol. The number of aromatic nitrogens is 2. The molecule has 0 aromatic carbocycles. The normalized spacial score (nSPS) is 19.4. The fourth-order valence-electron chi connectivity index (χ4n) is 1.74. The SMILES string of the molecule is CC(=O)SC1CC(=O)N(c2cnc(Cl)nc2Cl)C1. The van der Waals surface area contributed by atoms with Crippen LogP contribution in [-0.4, -0.2) is 32.8 Å². The van der Waals surface area contributed by atoms with Crippen LogP contribution in [0.3, 0.4) is 0 Å². The average molecular weight is 306 g/mol. The van der Waals surface area contributed by atoms with Crippen molar-refractivity contribution in [3.05, 3.63) is 16.6 Å². The Kier molecular flexibility index (Phi) is 4.09. The van der Waals surface area contributed by atoms with Crippen LogP contribution in [0.25, 0.3) is 0 Å². The first-order chi connectivity index (χ1) is 8.47. The Labute approximate surface area is 118 Å². The average Bonchev–Trinajstić information content (AvgIpc) is 2.58. The van der Waals surface area contributed by atoms with E-state index in [4.69, 9.17) is 23.2 Å². The highest BCUT2D eigenvalue weighted by atomic mass is 35.5. The van der Waals surface area contributed by atoms with Gasteiger partial charge in [-0.2, -0.15) is 0 Å². The van der Waals surface area contributed by atoms with E-state index < -0.39 is 0 Å². The van der Waals surface area contributed by atoms with Crippen LogP contribution in [0.2, 0.25) is 10.4 Å². The summed E-state index contributed by atoms with van der Waals surface area (Å²) in [5, 5.41) is 0.108. The molecule has 1 saturated heterocycles. The lowest BCUT2D eigenvalue weighted by molar-refractivity contribution is -0.117. The largest absolute Gasteiger partial charge is 0.307 e. The third-order valence-corrected chi connectivity index (χ3v) is 3.85. The fourth-order valence-corrected chi connectivity index (χ4v) is 3.06. The second-order valence-corrected chi connectivity index (χ2v) is 5.93. The van der Waals surface area contributed by atoms with Gasteiger partial charge in [0.05, 0.1) is 6.20 Å². The van der Waals surface area contributed by atoms with Gasteiger partial charge in [-0.1, -0.05) is 23.4 Å². The van der Waals surface area contributed by atoms with Crippen molar-refractivity contribution in [2.75, 3.05) is 11.4 Å². The van der Waals surface area contributed by atoms with Gasteiger partial charge in [-0.3, -0.25) is 9.59 Å². The Morgan fingerprint density at radius 1 is 1.56 bits per heavy atom. The molecule has 5 nitrogen and oxygen atoms in total. The van der Waals surface area contributed by atoms with Gasteiger partial charge in [0.15, 0.2) is 10.3 Å². The molecule has 0 spiro atoms. The maximum Gasteiger partial charge on any atom is 0.228 e. The van der Waals surface area contributed by atoms with E-state index in [1.165, 1.54) is 18.0 Å². The van der Waals surface area contributed by atoms with Crippen molar-refractivity contribution in [2.45, 2.75) is 18.6 Å². The van der Waals surface area contributed by atoms with E-state index in [-0.39, 0.29) is 26.7 Å². The van der Waals surface area contributed by atoms with Crippen LogP contribution in [0, 0.1) is 0 Å². The van der Waals surface area contributed by atoms with E-state index in [9.17, 15) is 9.59 Å². The lowest BCUT2D eigenvalue weighted by atomic mass is 10.4. The first-order valence-corrected chi connectivity index (χ1v) is 6.76. The molecule has 1 aromatic rings. The molecule has 2 heterocycles. The van der Waals surface area contributed by atoms with E-state index >= 15 is 0 Å². The van der Waals surface area contributed by atoms with Gasteiger partial charge in [-0.25, -0.2) is 9.97 Å². The summed E-state index contributed by atoms with van der Waals surface area (Å²) >= 11 is 12.7. The van der Waals surface area contributed by atoms with Crippen LogP contribution < -0.4 is 4.90 Å². The lowest BCUT2D eigenvalue weighted by Crippen LogP contribution is -2.25. The van der Waals surface area contributed by atoms with E-state index in [1.807, 2.05) is 0 Å². The number of amides is 1. The zero-order valence-corrected chi connectivity index (χ0v) is 11.7. The first-order valence-electron chi connectivity index (χ1n) is 5.13. The molecule has 0 aliphatic carbocycles. The number of anilines is 1. The van der Waals surface area contributed by atoms with Crippen LogP contribution in [0.5, 0.6) is 0 Å². The minimum absolute atomic E-state index is 0.00639. The monoisotopic (exact) mass is 305 g/mol. The zero-order valence-electron chi connectivity index (χ0n) is 9.39. The van der Waals surface area contributed by atoms with Crippen LogP contribution in [-0.2, 0) is 9.59 Å². The van der Waals surface area contributed by atoms with Gasteiger partial charge in [0.1, 0.15) is 5.69 Å². The van der Waals surface area contributed by atoms with Crippen molar-refractivity contribution in [3.63, 3.8) is 0 Å². The number of nitrogens with zero attached hydrogens (tertiary/aromatic N) is 3. The maximum atomic E-state index is 11.9. The lowest BCUT2D eigenvalue weighted by Gasteiger charge is -2.16. The molecule has 0 N–H and O–H groups in total. The second-order valence-electron chi connectivity index (χ2n) is 3.75. The van der Waals surface area contributed by atoms with Gasteiger partial charge >= 0.3 is 0 Å². The van der Waals surface area contributed by atoms with E-state index in [0.717, 1.165) is 11.8 Å². The van der Waals surface area contributed by atoms with E-state index in [0.29, 0.717) is 18.7 Å². The maximum absolute atomic E-state index is 11.9. The molecule has 0 saturated carbocycles. The number of thioether (sulfide) groups is 1. The number of hydrogen-bond donors (Lipinski definition) is 0. The molecule has 1 atom stereocenters. The highest BCUT2D eigenvalue weighted by molar-refractivity contribution is 8.14. The molecule has 1 amide bonds. The predicted molar refractivity (Wildman–Crippen MR) is 71.1 cm³/mol. The van der Waals surface area contributed by atoms with Gasteiger partial charge in [0, 0.05) is 25.1 Å².